The molecular formula is C12H27NOS. The van der Waals surface area contributed by atoms with E-state index in [9.17, 15) is 0 Å². The fourth-order valence-corrected chi connectivity index (χ4v) is 2.48. The monoisotopic (exact) mass is 233 g/mol. The summed E-state index contributed by atoms with van der Waals surface area (Å²) in [7, 11) is 1.77. The van der Waals surface area contributed by atoms with Crippen LogP contribution in [-0.2, 0) is 4.74 Å². The number of rotatable bonds is 11. The minimum atomic E-state index is 0.731. The van der Waals surface area contributed by atoms with Crippen molar-refractivity contribution < 1.29 is 4.74 Å². The summed E-state index contributed by atoms with van der Waals surface area (Å²) in [5, 5.41) is 3.51. The highest BCUT2D eigenvalue weighted by atomic mass is 32.2. The van der Waals surface area contributed by atoms with Crippen LogP contribution in [0.5, 0.6) is 0 Å². The molecule has 0 saturated heterocycles. The average molecular weight is 233 g/mol. The molecule has 0 aliphatic heterocycles. The Labute approximate surface area is 99.5 Å². The summed E-state index contributed by atoms with van der Waals surface area (Å²) in [6.45, 7) is 6.45. The first kappa shape index (κ1) is 15.3. The van der Waals surface area contributed by atoms with Gasteiger partial charge in [-0.25, -0.2) is 0 Å². The molecular weight excluding hydrogens is 206 g/mol. The highest BCUT2D eigenvalue weighted by molar-refractivity contribution is 7.99. The third kappa shape index (κ3) is 10.6. The Balaban J connectivity index is 3.14. The van der Waals surface area contributed by atoms with Crippen molar-refractivity contribution in [3.63, 3.8) is 0 Å². The Morgan fingerprint density at radius 1 is 1.20 bits per heavy atom. The van der Waals surface area contributed by atoms with Gasteiger partial charge in [-0.3, -0.25) is 0 Å². The van der Waals surface area contributed by atoms with Crippen LogP contribution in [0.25, 0.3) is 0 Å². The van der Waals surface area contributed by atoms with Crippen LogP contribution in [0.4, 0.5) is 0 Å². The molecule has 1 N–H and O–H groups in total. The van der Waals surface area contributed by atoms with E-state index in [1.807, 2.05) is 0 Å². The number of hydrogen-bond donors (Lipinski definition) is 1. The summed E-state index contributed by atoms with van der Waals surface area (Å²) >= 11 is 2.06. The van der Waals surface area contributed by atoms with Gasteiger partial charge in [-0.05, 0) is 43.7 Å². The second-order valence-electron chi connectivity index (χ2n) is 3.76. The number of nitrogens with one attached hydrogen (secondary N) is 1. The van der Waals surface area contributed by atoms with Crippen molar-refractivity contribution in [2.45, 2.75) is 45.6 Å². The standard InChI is InChI=1S/C12H27NOS/c1-4-12(13-5-2)8-6-10-15-11-7-9-14-3/h12-13H,4-11H2,1-3H3. The molecule has 0 radical (unpaired) electrons. The molecule has 1 unspecified atom stereocenters. The molecule has 15 heavy (non-hydrogen) atoms. The van der Waals surface area contributed by atoms with Gasteiger partial charge >= 0.3 is 0 Å². The highest BCUT2D eigenvalue weighted by Gasteiger charge is 2.02. The fraction of sp³-hybridized carbons (Fsp3) is 1.00. The average Bonchev–Trinajstić information content (AvgIpc) is 2.26. The molecule has 0 saturated carbocycles. The molecule has 3 heteroatoms. The summed E-state index contributed by atoms with van der Waals surface area (Å²) in [6.07, 6.45) is 5.10. The van der Waals surface area contributed by atoms with Gasteiger partial charge in [0.1, 0.15) is 0 Å². The predicted octanol–water partition coefficient (Wildman–Crippen LogP) is 2.92. The van der Waals surface area contributed by atoms with Gasteiger partial charge in [-0.15, -0.1) is 0 Å². The lowest BCUT2D eigenvalue weighted by atomic mass is 10.1. The van der Waals surface area contributed by atoms with Crippen molar-refractivity contribution >= 4 is 11.8 Å². The molecule has 0 spiro atoms. The van der Waals surface area contributed by atoms with Crippen molar-refractivity contribution in [2.75, 3.05) is 31.8 Å². The molecule has 1 atom stereocenters. The summed E-state index contributed by atoms with van der Waals surface area (Å²) in [5.74, 6) is 2.54. The normalized spacial score (nSPS) is 13.0. The van der Waals surface area contributed by atoms with Gasteiger partial charge in [0.05, 0.1) is 0 Å². The molecule has 0 fully saturated rings. The molecule has 0 amide bonds. The van der Waals surface area contributed by atoms with Crippen molar-refractivity contribution in [3.05, 3.63) is 0 Å². The second kappa shape index (κ2) is 12.3. The molecule has 0 aliphatic carbocycles. The molecule has 92 valence electrons. The summed E-state index contributed by atoms with van der Waals surface area (Å²) in [4.78, 5) is 0. The van der Waals surface area contributed by atoms with E-state index in [2.05, 4.69) is 30.9 Å². The van der Waals surface area contributed by atoms with E-state index >= 15 is 0 Å². The Hall–Kier alpha value is 0.270. The highest BCUT2D eigenvalue weighted by Crippen LogP contribution is 2.09. The second-order valence-corrected chi connectivity index (χ2v) is 4.99. The van der Waals surface area contributed by atoms with Crippen molar-refractivity contribution in [3.8, 4) is 0 Å². The van der Waals surface area contributed by atoms with Crippen LogP contribution in [0.1, 0.15) is 39.5 Å². The van der Waals surface area contributed by atoms with E-state index in [1.165, 1.54) is 37.2 Å². The maximum atomic E-state index is 5.01. The zero-order valence-electron chi connectivity index (χ0n) is 10.6. The predicted molar refractivity (Wildman–Crippen MR) is 70.8 cm³/mol. The van der Waals surface area contributed by atoms with E-state index in [1.54, 1.807) is 7.11 Å². The number of hydrogen-bond acceptors (Lipinski definition) is 3. The Kier molecular flexibility index (Phi) is 12.6. The Morgan fingerprint density at radius 3 is 2.53 bits per heavy atom. The molecule has 0 bridgehead atoms. The maximum Gasteiger partial charge on any atom is 0.0470 e. The van der Waals surface area contributed by atoms with E-state index < -0.39 is 0 Å². The van der Waals surface area contributed by atoms with E-state index in [-0.39, 0.29) is 0 Å². The molecule has 0 aromatic heterocycles. The van der Waals surface area contributed by atoms with Gasteiger partial charge in [-0.2, -0.15) is 11.8 Å². The third-order valence-corrected chi connectivity index (χ3v) is 3.62. The van der Waals surface area contributed by atoms with Crippen molar-refractivity contribution in [1.29, 1.82) is 0 Å². The van der Waals surface area contributed by atoms with Crippen LogP contribution in [0, 0.1) is 0 Å². The minimum Gasteiger partial charge on any atom is -0.385 e. The number of ether oxygens (including phenoxy) is 1. The lowest BCUT2D eigenvalue weighted by Crippen LogP contribution is -2.28. The molecule has 0 rings (SSSR count). The lowest BCUT2D eigenvalue weighted by Gasteiger charge is -2.15. The molecule has 0 aromatic carbocycles. The fourth-order valence-electron chi connectivity index (χ4n) is 1.58. The summed E-state index contributed by atoms with van der Waals surface area (Å²) in [6, 6.07) is 0.731. The largest absolute Gasteiger partial charge is 0.385 e. The van der Waals surface area contributed by atoms with E-state index in [0.29, 0.717) is 0 Å². The molecule has 0 aliphatic rings. The Bertz CT molecular complexity index is 122. The summed E-state index contributed by atoms with van der Waals surface area (Å²) < 4.78 is 5.01. The first-order chi connectivity index (χ1) is 7.35. The number of thioether (sulfide) groups is 1. The van der Waals surface area contributed by atoms with Crippen LogP contribution in [0.3, 0.4) is 0 Å². The van der Waals surface area contributed by atoms with E-state index in [4.69, 9.17) is 4.74 Å². The topological polar surface area (TPSA) is 21.3 Å². The Morgan fingerprint density at radius 2 is 1.93 bits per heavy atom. The first-order valence-corrected chi connectivity index (χ1v) is 7.30. The van der Waals surface area contributed by atoms with Gasteiger partial charge in [0, 0.05) is 19.8 Å². The van der Waals surface area contributed by atoms with Gasteiger partial charge in [-0.1, -0.05) is 13.8 Å². The SMILES string of the molecule is CCNC(CC)CCCSCCCOC. The van der Waals surface area contributed by atoms with Gasteiger partial charge in [0.2, 0.25) is 0 Å². The first-order valence-electron chi connectivity index (χ1n) is 6.15. The quantitative estimate of drug-likeness (QED) is 0.554. The van der Waals surface area contributed by atoms with Crippen LogP contribution >= 0.6 is 11.8 Å². The number of methoxy groups -OCH3 is 1. The van der Waals surface area contributed by atoms with Gasteiger partial charge in [0.25, 0.3) is 0 Å². The van der Waals surface area contributed by atoms with Crippen LogP contribution in [0.15, 0.2) is 0 Å². The van der Waals surface area contributed by atoms with Crippen molar-refractivity contribution in [1.82, 2.24) is 5.32 Å². The van der Waals surface area contributed by atoms with Crippen LogP contribution in [0.2, 0.25) is 0 Å². The zero-order valence-corrected chi connectivity index (χ0v) is 11.4. The molecule has 2 nitrogen and oxygen atoms in total. The minimum absolute atomic E-state index is 0.731. The van der Waals surface area contributed by atoms with Crippen molar-refractivity contribution in [2.24, 2.45) is 0 Å². The smallest absolute Gasteiger partial charge is 0.0470 e. The van der Waals surface area contributed by atoms with Gasteiger partial charge in [0.15, 0.2) is 0 Å². The summed E-state index contributed by atoms with van der Waals surface area (Å²) in [5.41, 5.74) is 0. The lowest BCUT2D eigenvalue weighted by molar-refractivity contribution is 0.200. The molecule has 0 aromatic rings. The van der Waals surface area contributed by atoms with Crippen LogP contribution < -0.4 is 5.32 Å². The third-order valence-electron chi connectivity index (χ3n) is 2.46. The maximum absolute atomic E-state index is 5.01. The van der Waals surface area contributed by atoms with E-state index in [0.717, 1.165) is 19.2 Å². The molecule has 0 heterocycles. The van der Waals surface area contributed by atoms with Gasteiger partial charge < -0.3 is 10.1 Å². The van der Waals surface area contributed by atoms with Crippen LogP contribution in [-0.4, -0.2) is 37.8 Å². The zero-order chi connectivity index (χ0) is 11.4.